The summed E-state index contributed by atoms with van der Waals surface area (Å²) in [5, 5.41) is 35.2. The van der Waals surface area contributed by atoms with Crippen LogP contribution in [0, 0.1) is 17.1 Å². The molecule has 16 heteroatoms. The zero-order chi connectivity index (χ0) is 41.8. The number of phosphoric ester groups is 1. The van der Waals surface area contributed by atoms with Gasteiger partial charge in [0.05, 0.1) is 43.8 Å². The van der Waals surface area contributed by atoms with Gasteiger partial charge in [-0.2, -0.15) is 10.4 Å². The highest BCUT2D eigenvalue weighted by Gasteiger charge is 2.54. The molecule has 1 unspecified atom stereocenters. The number of phosphoric acid groups is 1. The molecule has 5 N–H and O–H groups in total. The molecule has 14 nitrogen and oxygen atoms in total. The lowest BCUT2D eigenvalue weighted by Crippen LogP contribution is -2.39. The van der Waals surface area contributed by atoms with E-state index in [-0.39, 0.29) is 24.6 Å². The van der Waals surface area contributed by atoms with Crippen molar-refractivity contribution >= 4 is 19.2 Å². The van der Waals surface area contributed by atoms with Crippen LogP contribution in [0.1, 0.15) is 140 Å². The molecule has 324 valence electrons. The van der Waals surface area contributed by atoms with Crippen LogP contribution in [0.2, 0.25) is 0 Å². The van der Waals surface area contributed by atoms with Gasteiger partial charge in [-0.15, -0.1) is 0 Å². The third kappa shape index (κ3) is 15.2. The van der Waals surface area contributed by atoms with Crippen LogP contribution in [0.15, 0.2) is 36.7 Å². The van der Waals surface area contributed by atoms with E-state index in [2.05, 4.69) is 17.0 Å². The molecule has 1 aliphatic rings. The van der Waals surface area contributed by atoms with Gasteiger partial charge in [0.2, 0.25) is 0 Å². The van der Waals surface area contributed by atoms with E-state index in [9.17, 15) is 29.3 Å². The zero-order valence-electron chi connectivity index (χ0n) is 34.3. The monoisotopic (exact) mass is 833 g/mol. The van der Waals surface area contributed by atoms with Crippen molar-refractivity contribution in [2.45, 2.75) is 160 Å². The number of rotatable bonds is 30. The minimum Gasteiger partial charge on any atom is -0.387 e. The van der Waals surface area contributed by atoms with Crippen molar-refractivity contribution in [1.82, 2.24) is 14.6 Å². The molecule has 1 aromatic carbocycles. The van der Waals surface area contributed by atoms with Gasteiger partial charge in [0.15, 0.2) is 5.82 Å². The number of unbranched alkanes of at least 4 members (excludes halogenated alkanes) is 16. The first kappa shape index (κ1) is 47.6. The Balaban J connectivity index is 1.17. The lowest BCUT2D eigenvalue weighted by atomic mass is 9.93. The molecule has 2 aromatic heterocycles. The topological polar surface area (TPSA) is 204 Å². The number of nitrogens with zero attached hydrogens (tertiary/aromatic N) is 4. The maximum absolute atomic E-state index is 14.1. The van der Waals surface area contributed by atoms with Crippen molar-refractivity contribution in [2.24, 2.45) is 0 Å². The molecule has 0 amide bonds. The second-order valence-corrected chi connectivity index (χ2v) is 17.0. The van der Waals surface area contributed by atoms with Gasteiger partial charge in [0.25, 0.3) is 0 Å². The minimum atomic E-state index is -4.74. The molecule has 3 heterocycles. The van der Waals surface area contributed by atoms with Gasteiger partial charge in [-0.05, 0) is 49.2 Å². The molecule has 1 fully saturated rings. The first-order chi connectivity index (χ1) is 28.0. The Morgan fingerprint density at radius 2 is 1.57 bits per heavy atom. The molecule has 1 aliphatic heterocycles. The van der Waals surface area contributed by atoms with E-state index in [0.29, 0.717) is 23.4 Å². The molecule has 1 saturated heterocycles. The highest BCUT2D eigenvalue weighted by molar-refractivity contribution is 7.47. The van der Waals surface area contributed by atoms with Gasteiger partial charge in [-0.3, -0.25) is 9.05 Å². The fourth-order valence-corrected chi connectivity index (χ4v) is 8.10. The number of hydrogen-bond acceptors (Lipinski definition) is 12. The van der Waals surface area contributed by atoms with Crippen LogP contribution in [0.5, 0.6) is 0 Å². The van der Waals surface area contributed by atoms with E-state index >= 15 is 0 Å². The van der Waals surface area contributed by atoms with Gasteiger partial charge in [0, 0.05) is 6.61 Å². The van der Waals surface area contributed by atoms with Crippen LogP contribution in [0.3, 0.4) is 0 Å². The Morgan fingerprint density at radius 1 is 0.948 bits per heavy atom. The SMILES string of the molecule is CCCCCCCCCCCCCCCCCCCOC[C@H](COP(=O)(O)OC[C@H]1O[C@@](C)(c2ccc3c(N)ncnn23)[C@H](O)[C@@H]1O)OCc1cc(F)cc(C#N)c1. The second-order valence-electron chi connectivity index (χ2n) is 15.5. The number of ether oxygens (including phenoxy) is 3. The van der Waals surface area contributed by atoms with Crippen molar-refractivity contribution in [1.29, 1.82) is 5.26 Å². The Morgan fingerprint density at radius 3 is 2.19 bits per heavy atom. The summed E-state index contributed by atoms with van der Waals surface area (Å²) in [6.45, 7) is 3.17. The number of fused-ring (bicyclic) bond motifs is 1. The van der Waals surface area contributed by atoms with Crippen molar-refractivity contribution in [2.75, 3.05) is 32.2 Å². The van der Waals surface area contributed by atoms with E-state index in [1.54, 1.807) is 19.1 Å². The Kier molecular flexibility index (Phi) is 20.5. The zero-order valence-corrected chi connectivity index (χ0v) is 35.2. The molecular formula is C42H65FN5O9P. The van der Waals surface area contributed by atoms with Crippen LogP contribution < -0.4 is 5.73 Å². The number of hydrogen-bond donors (Lipinski definition) is 4. The second kappa shape index (κ2) is 24.9. The van der Waals surface area contributed by atoms with Crippen LogP contribution >= 0.6 is 7.82 Å². The predicted octanol–water partition coefficient (Wildman–Crippen LogP) is 8.05. The van der Waals surface area contributed by atoms with E-state index < -0.39 is 56.9 Å². The van der Waals surface area contributed by atoms with E-state index in [1.807, 2.05) is 6.07 Å². The smallest absolute Gasteiger partial charge is 0.387 e. The van der Waals surface area contributed by atoms with Crippen molar-refractivity contribution in [3.63, 3.8) is 0 Å². The Labute approximate surface area is 342 Å². The molecule has 6 atom stereocenters. The molecule has 0 spiro atoms. The number of nitriles is 1. The molecule has 0 aliphatic carbocycles. The molecule has 4 rings (SSSR count). The van der Waals surface area contributed by atoms with Gasteiger partial charge in [-0.25, -0.2) is 18.5 Å². The number of nitrogens with two attached hydrogens (primary N) is 1. The van der Waals surface area contributed by atoms with E-state index in [1.165, 1.54) is 113 Å². The summed E-state index contributed by atoms with van der Waals surface area (Å²) >= 11 is 0. The number of halogens is 1. The predicted molar refractivity (Wildman–Crippen MR) is 218 cm³/mol. The number of aromatic nitrogens is 3. The first-order valence-electron chi connectivity index (χ1n) is 21.1. The summed E-state index contributed by atoms with van der Waals surface area (Å²) in [4.78, 5) is 14.5. The largest absolute Gasteiger partial charge is 0.472 e. The van der Waals surface area contributed by atoms with Crippen LogP contribution in [-0.4, -0.2) is 80.5 Å². The number of nitrogen functional groups attached to an aromatic ring is 1. The fourth-order valence-electron chi connectivity index (χ4n) is 7.34. The van der Waals surface area contributed by atoms with E-state index in [0.717, 1.165) is 25.3 Å². The molecule has 0 bridgehead atoms. The number of aliphatic hydroxyl groups is 2. The minimum absolute atomic E-state index is 0.0214. The highest BCUT2D eigenvalue weighted by atomic mass is 31.2. The summed E-state index contributed by atoms with van der Waals surface area (Å²) < 4.78 is 56.8. The quantitative estimate of drug-likeness (QED) is 0.0371. The third-order valence-electron chi connectivity index (χ3n) is 10.7. The maximum Gasteiger partial charge on any atom is 0.472 e. The fraction of sp³-hybridized carbons (Fsp3) is 0.690. The summed E-state index contributed by atoms with van der Waals surface area (Å²) in [6.07, 6.45) is 17.9. The summed E-state index contributed by atoms with van der Waals surface area (Å²) in [7, 11) is -4.74. The molecule has 58 heavy (non-hydrogen) atoms. The number of benzene rings is 1. The van der Waals surface area contributed by atoms with Crippen molar-refractivity contribution in [3.05, 3.63) is 59.3 Å². The van der Waals surface area contributed by atoms with Gasteiger partial charge < -0.3 is 35.1 Å². The normalized spacial score (nSPS) is 21.0. The summed E-state index contributed by atoms with van der Waals surface area (Å²) in [5.41, 5.74) is 5.85. The van der Waals surface area contributed by atoms with Gasteiger partial charge in [-0.1, -0.05) is 110 Å². The standard InChI is InChI=1S/C42H65FN5O9P/c1-3-4-5-6-7-8-9-10-11-12-13-14-15-16-17-18-19-22-53-28-35(54-27-33-23-32(26-44)24-34(43)25-33)29-55-58(51,52)56-30-37-39(49)40(50)42(2,57-37)38-21-20-36-41(45)46-31-47-48(36)38/h20-21,23-25,31,35,37,39-40,49-50H,3-19,22,27-30H2,1-2H3,(H,51,52)(H2,45,46,47)/t35-,37-,39-,40-,42+/m1/s1. The Bertz CT molecular complexity index is 1740. The van der Waals surface area contributed by atoms with Crippen molar-refractivity contribution < 1.29 is 47.3 Å². The summed E-state index contributed by atoms with van der Waals surface area (Å²) in [6, 6.07) is 9.04. The molecular weight excluding hydrogens is 768 g/mol. The number of aliphatic hydroxyl groups excluding tert-OH is 2. The van der Waals surface area contributed by atoms with Gasteiger partial charge >= 0.3 is 7.82 Å². The van der Waals surface area contributed by atoms with Gasteiger partial charge in [0.1, 0.15) is 47.7 Å². The third-order valence-corrected chi connectivity index (χ3v) is 11.7. The average molecular weight is 834 g/mol. The van der Waals surface area contributed by atoms with Crippen molar-refractivity contribution in [3.8, 4) is 6.07 Å². The van der Waals surface area contributed by atoms with Crippen LogP contribution in [-0.2, 0) is 40.0 Å². The molecule has 3 aromatic rings. The lowest BCUT2D eigenvalue weighted by Gasteiger charge is -2.27. The van der Waals surface area contributed by atoms with Crippen LogP contribution in [0.4, 0.5) is 10.2 Å². The average Bonchev–Trinajstić information content (AvgIpc) is 3.75. The maximum atomic E-state index is 14.1. The lowest BCUT2D eigenvalue weighted by molar-refractivity contribution is -0.0901. The Hall–Kier alpha value is -3.03. The van der Waals surface area contributed by atoms with E-state index in [4.69, 9.17) is 29.0 Å². The summed E-state index contributed by atoms with van der Waals surface area (Å²) in [5.74, 6) is -0.379. The van der Waals surface area contributed by atoms with Crippen LogP contribution in [0.25, 0.3) is 5.52 Å². The number of anilines is 1. The molecule has 0 radical (unpaired) electrons. The highest BCUT2D eigenvalue weighted by Crippen LogP contribution is 2.46. The molecule has 0 saturated carbocycles. The first-order valence-corrected chi connectivity index (χ1v) is 22.6.